The summed E-state index contributed by atoms with van der Waals surface area (Å²) in [6, 6.07) is 2.37. The van der Waals surface area contributed by atoms with Gasteiger partial charge in [0.05, 0.1) is 10.7 Å². The number of rotatable bonds is 3. The largest absolute Gasteiger partial charge is 0.456 e. The van der Waals surface area contributed by atoms with E-state index in [2.05, 4.69) is 5.32 Å². The zero-order valence-electron chi connectivity index (χ0n) is 13.2. The van der Waals surface area contributed by atoms with E-state index < -0.39 is 29.1 Å². The number of esters is 1. The number of nitrogens with one attached hydrogen (secondary N) is 1. The number of carbonyl (C=O) groups excluding carboxylic acids is 2. The van der Waals surface area contributed by atoms with E-state index in [1.807, 2.05) is 0 Å². The Hall–Kier alpha value is -1.66. The summed E-state index contributed by atoms with van der Waals surface area (Å²) in [6.45, 7) is 5.53. The van der Waals surface area contributed by atoms with Gasteiger partial charge in [0.2, 0.25) is 0 Å². The number of anilines is 1. The van der Waals surface area contributed by atoms with E-state index in [0.29, 0.717) is 13.0 Å². The number of halogens is 2. The summed E-state index contributed by atoms with van der Waals surface area (Å²) in [4.78, 5) is 24.2. The van der Waals surface area contributed by atoms with Gasteiger partial charge in [0.1, 0.15) is 23.1 Å². The van der Waals surface area contributed by atoms with Crippen molar-refractivity contribution in [2.75, 3.05) is 11.9 Å². The smallest absolute Gasteiger partial charge is 0.343 e. The third kappa shape index (κ3) is 4.42. The van der Waals surface area contributed by atoms with E-state index >= 15 is 0 Å². The Morgan fingerprint density at radius 3 is 2.65 bits per heavy atom. The molecule has 1 aliphatic heterocycles. The number of amides is 1. The molecule has 2 rings (SSSR count). The maximum absolute atomic E-state index is 14.0. The van der Waals surface area contributed by atoms with E-state index in [9.17, 15) is 14.0 Å². The minimum absolute atomic E-state index is 0.148. The highest BCUT2D eigenvalue weighted by atomic mass is 35.5. The predicted molar refractivity (Wildman–Crippen MR) is 84.2 cm³/mol. The zero-order valence-corrected chi connectivity index (χ0v) is 14.0. The van der Waals surface area contributed by atoms with Gasteiger partial charge in [-0.2, -0.15) is 0 Å². The minimum Gasteiger partial charge on any atom is -0.456 e. The lowest BCUT2D eigenvalue weighted by Crippen LogP contribution is -2.28. The predicted octanol–water partition coefficient (Wildman–Crippen LogP) is 3.55. The Morgan fingerprint density at radius 2 is 2.09 bits per heavy atom. The van der Waals surface area contributed by atoms with Crippen LogP contribution < -0.4 is 5.32 Å². The molecule has 1 unspecified atom stereocenters. The summed E-state index contributed by atoms with van der Waals surface area (Å²) in [5.41, 5.74) is -1.04. The van der Waals surface area contributed by atoms with Gasteiger partial charge in [-0.15, -0.1) is 0 Å². The second kappa shape index (κ2) is 6.84. The molecule has 7 heteroatoms. The van der Waals surface area contributed by atoms with Gasteiger partial charge in [-0.25, -0.2) is 9.18 Å². The molecular formula is C16H19ClFNO4. The fourth-order valence-corrected chi connectivity index (χ4v) is 2.44. The molecule has 1 saturated heterocycles. The highest BCUT2D eigenvalue weighted by Gasteiger charge is 2.28. The summed E-state index contributed by atoms with van der Waals surface area (Å²) in [5.74, 6) is -2.06. The summed E-state index contributed by atoms with van der Waals surface area (Å²) < 4.78 is 24.4. The Kier molecular flexibility index (Phi) is 5.26. The van der Waals surface area contributed by atoms with Crippen molar-refractivity contribution in [3.05, 3.63) is 28.5 Å². The molecule has 0 aliphatic carbocycles. The van der Waals surface area contributed by atoms with E-state index in [0.717, 1.165) is 12.5 Å². The quantitative estimate of drug-likeness (QED) is 0.852. The van der Waals surface area contributed by atoms with Crippen molar-refractivity contribution < 1.29 is 23.5 Å². The van der Waals surface area contributed by atoms with E-state index in [4.69, 9.17) is 21.1 Å². The first-order valence-corrected chi connectivity index (χ1v) is 7.70. The third-order valence-corrected chi connectivity index (χ3v) is 3.57. The van der Waals surface area contributed by atoms with Crippen LogP contribution >= 0.6 is 11.6 Å². The van der Waals surface area contributed by atoms with Crippen molar-refractivity contribution in [3.8, 4) is 0 Å². The number of benzene rings is 1. The SMILES string of the molecule is CC(C)(C)OC(=O)c1c(F)ccc(NC(=O)C2CCCO2)c1Cl. The zero-order chi connectivity index (χ0) is 17.2. The second-order valence-corrected chi connectivity index (χ2v) is 6.65. The van der Waals surface area contributed by atoms with Crippen LogP contribution in [-0.2, 0) is 14.3 Å². The van der Waals surface area contributed by atoms with Gasteiger partial charge in [0, 0.05) is 6.61 Å². The van der Waals surface area contributed by atoms with Crippen LogP contribution in [-0.4, -0.2) is 30.2 Å². The van der Waals surface area contributed by atoms with Crippen molar-refractivity contribution >= 4 is 29.2 Å². The topological polar surface area (TPSA) is 64.6 Å². The highest BCUT2D eigenvalue weighted by molar-refractivity contribution is 6.36. The fourth-order valence-electron chi connectivity index (χ4n) is 2.16. The standard InChI is InChI=1S/C16H19ClFNO4/c1-16(2,3)23-15(21)12-9(18)6-7-10(13(12)17)19-14(20)11-5-4-8-22-11/h6-7,11H,4-5,8H2,1-3H3,(H,19,20). The number of carbonyl (C=O) groups is 2. The summed E-state index contributed by atoms with van der Waals surface area (Å²) in [7, 11) is 0. The normalized spacial score (nSPS) is 17.9. The molecule has 0 saturated carbocycles. The molecule has 1 aliphatic rings. The second-order valence-electron chi connectivity index (χ2n) is 6.28. The van der Waals surface area contributed by atoms with Crippen LogP contribution in [0.3, 0.4) is 0 Å². The first-order valence-electron chi connectivity index (χ1n) is 7.33. The highest BCUT2D eigenvalue weighted by Crippen LogP contribution is 2.30. The maximum Gasteiger partial charge on any atom is 0.343 e. The molecule has 1 aromatic rings. The minimum atomic E-state index is -0.881. The molecular weight excluding hydrogens is 325 g/mol. The van der Waals surface area contributed by atoms with Gasteiger partial charge in [-0.1, -0.05) is 11.6 Å². The fraction of sp³-hybridized carbons (Fsp3) is 0.500. The van der Waals surface area contributed by atoms with E-state index in [1.54, 1.807) is 20.8 Å². The lowest BCUT2D eigenvalue weighted by Gasteiger charge is -2.20. The number of ether oxygens (including phenoxy) is 2. The molecule has 1 aromatic carbocycles. The molecule has 0 aromatic heterocycles. The van der Waals surface area contributed by atoms with Gasteiger partial charge in [-0.3, -0.25) is 4.79 Å². The summed E-state index contributed by atoms with van der Waals surface area (Å²) in [6.07, 6.45) is 0.864. The molecule has 23 heavy (non-hydrogen) atoms. The van der Waals surface area contributed by atoms with Crippen LogP contribution in [0.4, 0.5) is 10.1 Å². The van der Waals surface area contributed by atoms with Crippen LogP contribution in [0, 0.1) is 5.82 Å². The Bertz CT molecular complexity index is 621. The molecule has 1 fully saturated rings. The molecule has 1 atom stereocenters. The van der Waals surface area contributed by atoms with Crippen LogP contribution in [0.1, 0.15) is 44.0 Å². The summed E-state index contributed by atoms with van der Waals surface area (Å²) in [5, 5.41) is 2.38. The summed E-state index contributed by atoms with van der Waals surface area (Å²) >= 11 is 6.09. The maximum atomic E-state index is 14.0. The average Bonchev–Trinajstić information content (AvgIpc) is 2.94. The third-order valence-electron chi connectivity index (χ3n) is 3.17. The molecule has 1 heterocycles. The van der Waals surface area contributed by atoms with Crippen LogP contribution in [0.5, 0.6) is 0 Å². The first kappa shape index (κ1) is 17.7. The molecule has 5 nitrogen and oxygen atoms in total. The van der Waals surface area contributed by atoms with Gasteiger partial charge in [0.25, 0.3) is 5.91 Å². The van der Waals surface area contributed by atoms with E-state index in [1.165, 1.54) is 6.07 Å². The lowest BCUT2D eigenvalue weighted by molar-refractivity contribution is -0.124. The van der Waals surface area contributed by atoms with Gasteiger partial charge in [-0.05, 0) is 45.7 Å². The monoisotopic (exact) mass is 343 g/mol. The van der Waals surface area contributed by atoms with Gasteiger partial charge >= 0.3 is 5.97 Å². The van der Waals surface area contributed by atoms with Crippen molar-refractivity contribution in [1.29, 1.82) is 0 Å². The number of hydrogen-bond acceptors (Lipinski definition) is 4. The van der Waals surface area contributed by atoms with Crippen LogP contribution in [0.15, 0.2) is 12.1 Å². The molecule has 1 N–H and O–H groups in total. The van der Waals surface area contributed by atoms with Crippen molar-refractivity contribution in [2.24, 2.45) is 0 Å². The van der Waals surface area contributed by atoms with Gasteiger partial charge in [0.15, 0.2) is 0 Å². The Morgan fingerprint density at radius 1 is 1.39 bits per heavy atom. The average molecular weight is 344 g/mol. The first-order chi connectivity index (χ1) is 10.7. The van der Waals surface area contributed by atoms with Crippen LogP contribution in [0.2, 0.25) is 5.02 Å². The molecule has 0 bridgehead atoms. The van der Waals surface area contributed by atoms with E-state index in [-0.39, 0.29) is 16.6 Å². The molecule has 1 amide bonds. The van der Waals surface area contributed by atoms with Crippen molar-refractivity contribution in [2.45, 2.75) is 45.3 Å². The number of hydrogen-bond donors (Lipinski definition) is 1. The molecule has 0 spiro atoms. The molecule has 0 radical (unpaired) electrons. The van der Waals surface area contributed by atoms with Crippen LogP contribution in [0.25, 0.3) is 0 Å². The van der Waals surface area contributed by atoms with Crippen molar-refractivity contribution in [3.63, 3.8) is 0 Å². The lowest BCUT2D eigenvalue weighted by atomic mass is 10.1. The van der Waals surface area contributed by atoms with Crippen molar-refractivity contribution in [1.82, 2.24) is 0 Å². The van der Waals surface area contributed by atoms with Gasteiger partial charge < -0.3 is 14.8 Å². The molecule has 126 valence electrons. The Balaban J connectivity index is 2.24. The Labute approximate surface area is 139 Å².